The fourth-order valence-corrected chi connectivity index (χ4v) is 2.59. The molecule has 0 bridgehead atoms. The van der Waals surface area contributed by atoms with Crippen LogP contribution in [0.2, 0.25) is 0 Å². The number of hydrogen-bond acceptors (Lipinski definition) is 6. The van der Waals surface area contributed by atoms with E-state index in [0.29, 0.717) is 21.9 Å². The molecular weight excluding hydrogens is 262 g/mol. The van der Waals surface area contributed by atoms with Gasteiger partial charge in [0.1, 0.15) is 9.71 Å². The van der Waals surface area contributed by atoms with Crippen molar-refractivity contribution in [3.63, 3.8) is 0 Å². The van der Waals surface area contributed by atoms with E-state index >= 15 is 0 Å². The molecule has 2 heterocycles. The molecular formula is C12H17N5OS. The fraction of sp³-hybridized carbons (Fsp3) is 0.417. The largest absolute Gasteiger partial charge is 0.397 e. The molecule has 2 rings (SSSR count). The zero-order valence-corrected chi connectivity index (χ0v) is 11.8. The van der Waals surface area contributed by atoms with E-state index in [4.69, 9.17) is 5.73 Å². The molecule has 3 N–H and O–H groups in total. The number of likely N-dealkylation sites (N-methyl/N-ethyl adjacent to an activating group) is 1. The van der Waals surface area contributed by atoms with Gasteiger partial charge in [0.15, 0.2) is 0 Å². The maximum absolute atomic E-state index is 12.1. The number of fused-ring (bicyclic) bond motifs is 1. The summed E-state index contributed by atoms with van der Waals surface area (Å²) in [4.78, 5) is 15.4. The molecule has 0 saturated heterocycles. The van der Waals surface area contributed by atoms with E-state index in [1.165, 1.54) is 11.3 Å². The zero-order valence-electron chi connectivity index (χ0n) is 11.0. The lowest BCUT2D eigenvalue weighted by Gasteiger charge is -2.13. The van der Waals surface area contributed by atoms with E-state index in [9.17, 15) is 4.79 Å². The summed E-state index contributed by atoms with van der Waals surface area (Å²) in [5.74, 6) is -0.148. The lowest BCUT2D eigenvalue weighted by molar-refractivity contribution is 0.0955. The van der Waals surface area contributed by atoms with Crippen LogP contribution < -0.4 is 11.1 Å². The Labute approximate surface area is 115 Å². The lowest BCUT2D eigenvalue weighted by Crippen LogP contribution is -2.32. The Kier molecular flexibility index (Phi) is 4.28. The Hall–Kier alpha value is -1.73. The molecule has 0 aromatic carbocycles. The van der Waals surface area contributed by atoms with Gasteiger partial charge in [-0.2, -0.15) is 5.10 Å². The number of rotatable bonds is 5. The van der Waals surface area contributed by atoms with Crippen LogP contribution in [-0.2, 0) is 0 Å². The summed E-state index contributed by atoms with van der Waals surface area (Å²) < 4.78 is 0. The zero-order chi connectivity index (χ0) is 13.8. The van der Waals surface area contributed by atoms with Gasteiger partial charge in [0, 0.05) is 18.5 Å². The number of nitrogens with zero attached hydrogens (tertiary/aromatic N) is 3. The molecule has 2 aromatic heterocycles. The van der Waals surface area contributed by atoms with Crippen LogP contribution in [0, 0.1) is 0 Å². The SMILES string of the molecule is CCN(C)CCNC(=O)c1sc2nnccc2c1N. The van der Waals surface area contributed by atoms with Gasteiger partial charge >= 0.3 is 0 Å². The normalized spacial score (nSPS) is 11.1. The highest BCUT2D eigenvalue weighted by Gasteiger charge is 2.16. The van der Waals surface area contributed by atoms with Crippen LogP contribution in [0.1, 0.15) is 16.6 Å². The number of nitrogen functional groups attached to an aromatic ring is 1. The first-order valence-electron chi connectivity index (χ1n) is 6.10. The van der Waals surface area contributed by atoms with E-state index in [-0.39, 0.29) is 5.91 Å². The van der Waals surface area contributed by atoms with Crippen molar-refractivity contribution in [2.45, 2.75) is 6.92 Å². The van der Waals surface area contributed by atoms with Crippen molar-refractivity contribution in [3.8, 4) is 0 Å². The molecule has 0 saturated carbocycles. The first-order valence-corrected chi connectivity index (χ1v) is 6.91. The molecule has 0 atom stereocenters. The first kappa shape index (κ1) is 13.7. The van der Waals surface area contributed by atoms with E-state index in [1.54, 1.807) is 12.3 Å². The monoisotopic (exact) mass is 279 g/mol. The Bertz CT molecular complexity index is 583. The smallest absolute Gasteiger partial charge is 0.263 e. The topological polar surface area (TPSA) is 84.1 Å². The summed E-state index contributed by atoms with van der Waals surface area (Å²) >= 11 is 1.27. The highest BCUT2D eigenvalue weighted by atomic mass is 32.1. The van der Waals surface area contributed by atoms with Gasteiger partial charge in [0.2, 0.25) is 0 Å². The molecule has 2 aromatic rings. The Balaban J connectivity index is 2.07. The van der Waals surface area contributed by atoms with Crippen molar-refractivity contribution in [1.29, 1.82) is 0 Å². The number of anilines is 1. The van der Waals surface area contributed by atoms with E-state index in [1.807, 2.05) is 7.05 Å². The van der Waals surface area contributed by atoms with E-state index < -0.39 is 0 Å². The van der Waals surface area contributed by atoms with Crippen molar-refractivity contribution in [3.05, 3.63) is 17.1 Å². The van der Waals surface area contributed by atoms with Crippen molar-refractivity contribution >= 4 is 33.1 Å². The minimum absolute atomic E-state index is 0.148. The number of aromatic nitrogens is 2. The molecule has 0 fully saturated rings. The van der Waals surface area contributed by atoms with Crippen molar-refractivity contribution in [2.75, 3.05) is 32.4 Å². The van der Waals surface area contributed by atoms with Crippen molar-refractivity contribution in [1.82, 2.24) is 20.4 Å². The van der Waals surface area contributed by atoms with Gasteiger partial charge in [-0.1, -0.05) is 6.92 Å². The van der Waals surface area contributed by atoms with Crippen LogP contribution in [0.4, 0.5) is 5.69 Å². The summed E-state index contributed by atoms with van der Waals surface area (Å²) in [5.41, 5.74) is 6.45. The fourth-order valence-electron chi connectivity index (χ4n) is 1.64. The molecule has 7 heteroatoms. The average Bonchev–Trinajstić information content (AvgIpc) is 2.76. The molecule has 102 valence electrons. The number of carbonyl (C=O) groups is 1. The van der Waals surface area contributed by atoms with Gasteiger partial charge in [0.25, 0.3) is 5.91 Å². The summed E-state index contributed by atoms with van der Waals surface area (Å²) in [6.45, 7) is 4.44. The van der Waals surface area contributed by atoms with Crippen molar-refractivity contribution < 1.29 is 4.79 Å². The highest BCUT2D eigenvalue weighted by molar-refractivity contribution is 7.21. The summed E-state index contributed by atoms with van der Waals surface area (Å²) in [6, 6.07) is 1.77. The molecule has 0 radical (unpaired) electrons. The van der Waals surface area contributed by atoms with Gasteiger partial charge in [-0.25, -0.2) is 0 Å². The van der Waals surface area contributed by atoms with Crippen LogP contribution in [0.3, 0.4) is 0 Å². The van der Waals surface area contributed by atoms with Crippen LogP contribution in [0.15, 0.2) is 12.3 Å². The third kappa shape index (κ3) is 2.99. The quantitative estimate of drug-likeness (QED) is 0.851. The predicted octanol–water partition coefficient (Wildman–Crippen LogP) is 0.955. The Morgan fingerprint density at radius 3 is 3.05 bits per heavy atom. The molecule has 0 unspecified atom stereocenters. The number of nitrogens with two attached hydrogens (primary N) is 1. The Morgan fingerprint density at radius 2 is 2.37 bits per heavy atom. The minimum atomic E-state index is -0.148. The average molecular weight is 279 g/mol. The highest BCUT2D eigenvalue weighted by Crippen LogP contribution is 2.31. The third-order valence-electron chi connectivity index (χ3n) is 2.95. The van der Waals surface area contributed by atoms with Crippen LogP contribution in [0.25, 0.3) is 10.2 Å². The maximum Gasteiger partial charge on any atom is 0.263 e. The first-order chi connectivity index (χ1) is 9.13. The molecule has 0 aliphatic rings. The second-order valence-electron chi connectivity index (χ2n) is 4.25. The number of carbonyl (C=O) groups excluding carboxylic acids is 1. The maximum atomic E-state index is 12.1. The molecule has 0 aliphatic heterocycles. The molecule has 0 spiro atoms. The minimum Gasteiger partial charge on any atom is -0.397 e. The number of nitrogens with one attached hydrogen (secondary N) is 1. The van der Waals surface area contributed by atoms with Gasteiger partial charge in [-0.15, -0.1) is 16.4 Å². The number of hydrogen-bond donors (Lipinski definition) is 2. The van der Waals surface area contributed by atoms with Gasteiger partial charge in [0.05, 0.1) is 11.9 Å². The molecule has 1 amide bonds. The molecule has 19 heavy (non-hydrogen) atoms. The van der Waals surface area contributed by atoms with Gasteiger partial charge in [-0.05, 0) is 19.7 Å². The molecule has 6 nitrogen and oxygen atoms in total. The van der Waals surface area contributed by atoms with Crippen LogP contribution in [-0.4, -0.2) is 47.7 Å². The third-order valence-corrected chi connectivity index (χ3v) is 4.05. The second-order valence-corrected chi connectivity index (χ2v) is 5.25. The van der Waals surface area contributed by atoms with Gasteiger partial charge < -0.3 is 16.0 Å². The van der Waals surface area contributed by atoms with Crippen LogP contribution in [0.5, 0.6) is 0 Å². The van der Waals surface area contributed by atoms with E-state index in [0.717, 1.165) is 18.5 Å². The Morgan fingerprint density at radius 1 is 1.58 bits per heavy atom. The lowest BCUT2D eigenvalue weighted by atomic mass is 10.3. The van der Waals surface area contributed by atoms with Crippen LogP contribution >= 0.6 is 11.3 Å². The summed E-state index contributed by atoms with van der Waals surface area (Å²) in [7, 11) is 2.01. The number of amides is 1. The summed E-state index contributed by atoms with van der Waals surface area (Å²) in [5, 5.41) is 11.4. The number of thiophene rings is 1. The van der Waals surface area contributed by atoms with E-state index in [2.05, 4.69) is 27.3 Å². The molecule has 0 aliphatic carbocycles. The van der Waals surface area contributed by atoms with Crippen molar-refractivity contribution in [2.24, 2.45) is 0 Å². The predicted molar refractivity (Wildman–Crippen MR) is 77.3 cm³/mol. The summed E-state index contributed by atoms with van der Waals surface area (Å²) in [6.07, 6.45) is 1.57. The van der Waals surface area contributed by atoms with Gasteiger partial charge in [-0.3, -0.25) is 4.79 Å². The standard InChI is InChI=1S/C12H17N5OS/c1-3-17(2)7-6-14-11(18)10-9(13)8-4-5-15-16-12(8)19-10/h4-5H,3,6-7,13H2,1-2H3,(H,14,18). The second kappa shape index (κ2) is 5.94.